The van der Waals surface area contributed by atoms with Gasteiger partial charge in [0.05, 0.1) is 34.6 Å². The third kappa shape index (κ3) is 40.8. The number of imidazole rings is 10. The van der Waals surface area contributed by atoms with Crippen LogP contribution in [-0.2, 0) is 143 Å². The van der Waals surface area contributed by atoms with Gasteiger partial charge in [-0.05, 0) is 74.2 Å². The monoisotopic (exact) mass is 2840 g/mol. The van der Waals surface area contributed by atoms with Gasteiger partial charge >= 0.3 is 226 Å². The van der Waals surface area contributed by atoms with Crippen LogP contribution in [0.5, 0.6) is 0 Å². The van der Waals surface area contributed by atoms with Crippen molar-refractivity contribution in [1.29, 1.82) is 0 Å². The number of halogens is 9. The molecule has 0 unspecified atom stereocenters. The third-order valence-corrected chi connectivity index (χ3v) is 17.0. The third-order valence-electron chi connectivity index (χ3n) is 17.0. The molecular formula is C74H93Cl9K3N26O4Os3UW-. The molecule has 14 aromatic heterocycles. The molecule has 2 aliphatic heterocycles. The Morgan fingerprint density at radius 2 is 0.537 bits per heavy atom. The molecule has 0 spiro atoms. The number of rotatable bonds is 11. The number of hydrogen-bond donors (Lipinski definition) is 2. The molecule has 16 heterocycles. The molecule has 0 aromatic carbocycles. The molecule has 0 saturated carbocycles. The Kier molecular flexibility index (Phi) is 58.2. The van der Waals surface area contributed by atoms with Gasteiger partial charge in [0.15, 0.2) is 58.2 Å². The van der Waals surface area contributed by atoms with E-state index in [0.717, 1.165) is 119 Å². The molecule has 2 N–H and O–H groups in total. The molecule has 16 rings (SSSR count). The Bertz CT molecular complexity index is 4490. The zero-order chi connectivity index (χ0) is 83.2. The molecule has 0 amide bonds. The van der Waals surface area contributed by atoms with Crippen LogP contribution >= 0.6 is 77.1 Å². The second-order valence-electron chi connectivity index (χ2n) is 24.9. The molecule has 2 aliphatic rings. The summed E-state index contributed by atoms with van der Waals surface area (Å²) in [6, 6.07) is 19.5. The number of carbonyl (C=O) groups is 2. The van der Waals surface area contributed by atoms with Gasteiger partial charge in [0.25, 0.3) is 0 Å². The summed E-state index contributed by atoms with van der Waals surface area (Å²) in [5.74, 6) is 7.13. The van der Waals surface area contributed by atoms with Gasteiger partial charge in [0.1, 0.15) is 0 Å². The summed E-state index contributed by atoms with van der Waals surface area (Å²) < 4.78 is 19.5. The van der Waals surface area contributed by atoms with Crippen molar-refractivity contribution in [2.24, 2.45) is 82.3 Å². The van der Waals surface area contributed by atoms with E-state index >= 15 is 0 Å². The normalized spacial score (nSPS) is 12.3. The van der Waals surface area contributed by atoms with E-state index in [1.165, 1.54) is 63.2 Å². The molecule has 0 aliphatic carbocycles. The second-order valence-corrected chi connectivity index (χ2v) is 83.6. The van der Waals surface area contributed by atoms with Crippen LogP contribution in [0.2, 0.25) is 0 Å². The summed E-state index contributed by atoms with van der Waals surface area (Å²) in [4.78, 5) is 85.8. The van der Waals surface area contributed by atoms with E-state index in [4.69, 9.17) is 87.3 Å². The van der Waals surface area contributed by atoms with Crippen LogP contribution < -0.4 is 73.6 Å². The molecule has 2 fully saturated rings. The average Bonchev–Trinajstić information content (AvgIpc) is 1.11. The largest absolute Gasteiger partial charge is 0 e. The number of aromatic nitrogens is 24. The minimum atomic E-state index is -5.38. The fraction of sp³-hybridized carbons (Fsp3) is 0.297. The Labute approximate surface area is 891 Å². The predicted molar refractivity (Wildman–Crippen MR) is 460 cm³/mol. The van der Waals surface area contributed by atoms with Crippen LogP contribution in [0.4, 0.5) is 11.4 Å². The number of nitrogens with zero attached hydrogens (tertiary/aromatic N) is 26. The van der Waals surface area contributed by atoms with E-state index < -0.39 is 34.0 Å². The topological polar surface area (TPSA) is 311 Å². The summed E-state index contributed by atoms with van der Waals surface area (Å²) in [5, 5.41) is 18.1. The fourth-order valence-electron chi connectivity index (χ4n) is 11.1. The first kappa shape index (κ1) is 119. The van der Waals surface area contributed by atoms with Gasteiger partial charge in [-0.25, -0.2) is 49.8 Å². The van der Waals surface area contributed by atoms with E-state index in [1.807, 2.05) is 239 Å². The number of carboxylic acids is 2. The molecule has 14 aromatic rings. The van der Waals surface area contributed by atoms with Gasteiger partial charge < -0.3 is 79.5 Å². The van der Waals surface area contributed by atoms with Crippen LogP contribution in [0.25, 0.3) is 81.0 Å². The fourth-order valence-corrected chi connectivity index (χ4v) is 11.1. The first-order valence-electron chi connectivity index (χ1n) is 34.9. The Balaban J connectivity index is 0. The van der Waals surface area contributed by atoms with Crippen molar-refractivity contribution in [3.63, 3.8) is 0 Å². The van der Waals surface area contributed by atoms with Gasteiger partial charge in [0.2, 0.25) is 0 Å². The van der Waals surface area contributed by atoms with E-state index in [0.29, 0.717) is 25.7 Å². The number of aryl methyl sites for hydroxylation is 10. The number of hydrogen-bond acceptors (Lipinski definition) is 18. The van der Waals surface area contributed by atoms with Crippen LogP contribution in [0.15, 0.2) is 209 Å². The number of aliphatic carboxylic acids is 2. The van der Waals surface area contributed by atoms with Gasteiger partial charge in [-0.15, -0.1) is 0 Å². The Morgan fingerprint density at radius 1 is 0.364 bits per heavy atom. The van der Waals surface area contributed by atoms with Crippen LogP contribution in [0.3, 0.4) is 0 Å². The number of pyridine rings is 4. The molecule has 0 atom stereocenters. The standard InChI is InChI=1S/2C16H17N3O2.5C8H10N4.2CH4.9ClH.3K.3Os.U.W.H/c2*20-16(21)12-5-9-19(10-6-12)13-4-8-18-15(11-13)14-3-1-2-7-17-14;5*1-11-5-3-9-7(11)8-10-4-6-12(8)2;;;;;;;;;;;;;;;;;;;;/h2*1-4,7-8,11-12H,5-6,9-10H2,(H,20,21);5*3-6H,1-2H3;2*1H4;9*1H;;;;;;;;;/q;;;;;;;;;;;;;;;;;;;;+1;;+2;+6;;;-1/p-9. The van der Waals surface area contributed by atoms with Crippen molar-refractivity contribution >= 4 is 164 Å². The average molecular weight is 2840 g/mol. The maximum absolute atomic E-state index is 11.0. The van der Waals surface area contributed by atoms with Crippen molar-refractivity contribution < 1.29 is 179 Å². The van der Waals surface area contributed by atoms with Crippen LogP contribution in [-0.4, -0.2) is 227 Å². The Morgan fingerprint density at radius 3 is 0.678 bits per heavy atom. The van der Waals surface area contributed by atoms with E-state index in [1.54, 1.807) is 86.8 Å². The molecule has 121 heavy (non-hydrogen) atoms. The second kappa shape index (κ2) is 58.9. The van der Waals surface area contributed by atoms with Gasteiger partial charge in [0, 0.05) is 329 Å². The van der Waals surface area contributed by atoms with Gasteiger partial charge in [-0.2, -0.15) is 0 Å². The number of piperidine rings is 2. The molecule has 30 nitrogen and oxygen atoms in total. The summed E-state index contributed by atoms with van der Waals surface area (Å²) in [5.41, 5.74) is 5.53. The Hall–Kier alpha value is -1.59. The first-order valence-corrected chi connectivity index (χ1v) is 76.1. The summed E-state index contributed by atoms with van der Waals surface area (Å²) in [6.07, 6.45) is 46.6. The number of anilines is 2. The van der Waals surface area contributed by atoms with Crippen LogP contribution in [0, 0.1) is 42.9 Å². The molecule has 47 heteroatoms. The molecule has 2 saturated heterocycles. The van der Waals surface area contributed by atoms with Gasteiger partial charge in [-0.3, -0.25) is 29.5 Å². The van der Waals surface area contributed by atoms with E-state index in [2.05, 4.69) is 79.6 Å². The maximum Gasteiger partial charge on any atom is 0 e. The van der Waals surface area contributed by atoms with E-state index in [-0.39, 0.29) is 164 Å². The maximum atomic E-state index is 11.0. The van der Waals surface area contributed by atoms with Gasteiger partial charge in [-0.1, -0.05) is 27.0 Å². The van der Waals surface area contributed by atoms with Crippen molar-refractivity contribution in [1.82, 2.24) is 115 Å². The van der Waals surface area contributed by atoms with E-state index in [9.17, 15) is 9.59 Å². The summed E-state index contributed by atoms with van der Waals surface area (Å²) in [7, 11) is 59.7. The van der Waals surface area contributed by atoms with Crippen LogP contribution in [0.1, 0.15) is 42.0 Å². The zero-order valence-corrected chi connectivity index (χ0v) is 98.0. The van der Waals surface area contributed by atoms with Crippen molar-refractivity contribution in [2.75, 3.05) is 36.0 Å². The van der Waals surface area contributed by atoms with Crippen molar-refractivity contribution in [3.05, 3.63) is 209 Å². The minimum Gasteiger partial charge on any atom is 0 e. The SMILES string of the molecule is C.C.Cn1ccnc1-c1nccn1C.Cn1ccnc1-c1nccn1C.Cn1ccnc1-c1nccn1C.Cn1ccnc1-c1nccn1C.Cn1ccnc1-c1nccn1C.O=C(O)C1CCN(c2ccnc(-c3ccccn3)c2)CC1.O=C(O)C1CCN(c2ccnc(-c3ccccn3)c2)CC1.[Cl-].[Cl][Os]([Cl])([Cl])([Cl])([Cl])[Cl].[Cl][Os][Cl].[H-].[K+].[K][K].[Os].[U].[W]. The predicted octanol–water partition coefficient (Wildman–Crippen LogP) is 9.13. The molecular weight excluding hydrogens is 2750 g/mol. The molecule has 644 valence electrons. The minimum absolute atomic E-state index is 0. The molecule has 0 bridgehead atoms. The first-order chi connectivity index (χ1) is 54.3. The summed E-state index contributed by atoms with van der Waals surface area (Å²) >= 11 is 1.86. The zero-order valence-electron chi connectivity index (χ0n) is 68.2. The van der Waals surface area contributed by atoms with Crippen molar-refractivity contribution in [2.45, 2.75) is 40.5 Å². The smallest absolute Gasteiger partial charge is 0 e. The quantitative estimate of drug-likeness (QED) is 0.114. The summed E-state index contributed by atoms with van der Waals surface area (Å²) in [6.45, 7) is -2.31. The molecule has 0 radical (unpaired) electrons. The van der Waals surface area contributed by atoms with Crippen molar-refractivity contribution in [3.8, 4) is 81.0 Å². The number of carboxylic acid groups (broad SMARTS) is 2.